The quantitative estimate of drug-likeness (QED) is 0.855. The Bertz CT molecular complexity index is 474. The van der Waals surface area contributed by atoms with E-state index in [0.29, 0.717) is 12.2 Å². The highest BCUT2D eigenvalue weighted by atomic mass is 32.2. The fourth-order valence-corrected chi connectivity index (χ4v) is 2.58. The van der Waals surface area contributed by atoms with Crippen LogP contribution in [0, 0.1) is 5.82 Å². The van der Waals surface area contributed by atoms with Crippen molar-refractivity contribution < 1.29 is 17.5 Å². The molecule has 4 nitrogen and oxygen atoms in total. The van der Waals surface area contributed by atoms with Gasteiger partial charge in [0.1, 0.15) is 11.6 Å². The molecule has 0 saturated heterocycles. The van der Waals surface area contributed by atoms with Gasteiger partial charge < -0.3 is 4.74 Å². The topological polar surface area (TPSA) is 55.4 Å². The van der Waals surface area contributed by atoms with Crippen LogP contribution in [0.3, 0.4) is 0 Å². The van der Waals surface area contributed by atoms with Crippen molar-refractivity contribution in [2.45, 2.75) is 19.8 Å². The molecule has 0 aliphatic rings. The Morgan fingerprint density at radius 3 is 2.71 bits per heavy atom. The number of halogens is 1. The molecule has 1 rings (SSSR count). The minimum absolute atomic E-state index is 0.0170. The van der Waals surface area contributed by atoms with Crippen molar-refractivity contribution >= 4 is 15.7 Å². The van der Waals surface area contributed by atoms with Gasteiger partial charge in [-0.25, -0.2) is 12.8 Å². The summed E-state index contributed by atoms with van der Waals surface area (Å²) >= 11 is 0. The Morgan fingerprint density at radius 2 is 2.12 bits per heavy atom. The van der Waals surface area contributed by atoms with E-state index in [-0.39, 0.29) is 11.4 Å². The molecule has 1 aromatic carbocycles. The average Bonchev–Trinajstić information content (AvgIpc) is 2.26. The summed E-state index contributed by atoms with van der Waals surface area (Å²) in [5.74, 6) is -0.200. The van der Waals surface area contributed by atoms with Gasteiger partial charge in [-0.2, -0.15) is 0 Å². The molecule has 0 saturated carbocycles. The summed E-state index contributed by atoms with van der Waals surface area (Å²) in [6.07, 6.45) is 1.34. The van der Waals surface area contributed by atoms with Crippen molar-refractivity contribution in [2.75, 3.05) is 17.6 Å². The number of ether oxygens (including phenoxy) is 1. The highest BCUT2D eigenvalue weighted by Gasteiger charge is 2.13. The fourth-order valence-electron chi connectivity index (χ4n) is 1.31. The second-order valence-corrected chi connectivity index (χ2v) is 5.46. The maximum atomic E-state index is 13.0. The van der Waals surface area contributed by atoms with Crippen molar-refractivity contribution in [3.05, 3.63) is 24.0 Å². The van der Waals surface area contributed by atoms with Crippen LogP contribution in [0.15, 0.2) is 18.2 Å². The minimum atomic E-state index is -3.44. The molecular weight excluding hydrogens is 245 g/mol. The summed E-state index contributed by atoms with van der Waals surface area (Å²) in [6.45, 7) is 1.90. The molecule has 0 atom stereocenters. The van der Waals surface area contributed by atoms with Crippen LogP contribution >= 0.6 is 0 Å². The lowest BCUT2D eigenvalue weighted by Gasteiger charge is -2.11. The highest BCUT2D eigenvalue weighted by molar-refractivity contribution is 7.92. The number of rotatable bonds is 6. The molecule has 0 bridgehead atoms. The van der Waals surface area contributed by atoms with Crippen LogP contribution in [-0.4, -0.2) is 21.3 Å². The minimum Gasteiger partial charge on any atom is -0.495 e. The number of anilines is 1. The number of methoxy groups -OCH3 is 1. The lowest BCUT2D eigenvalue weighted by molar-refractivity contribution is 0.416. The third kappa shape index (κ3) is 4.22. The Balaban J connectivity index is 2.90. The maximum absolute atomic E-state index is 13.0. The number of benzene rings is 1. The molecule has 0 aliphatic heterocycles. The summed E-state index contributed by atoms with van der Waals surface area (Å²) < 4.78 is 43.6. The molecule has 0 heterocycles. The summed E-state index contributed by atoms with van der Waals surface area (Å²) in [4.78, 5) is 0. The van der Waals surface area contributed by atoms with Gasteiger partial charge in [-0.15, -0.1) is 0 Å². The van der Waals surface area contributed by atoms with Crippen LogP contribution in [0.5, 0.6) is 5.75 Å². The van der Waals surface area contributed by atoms with Gasteiger partial charge in [0.05, 0.1) is 18.6 Å². The normalized spacial score (nSPS) is 11.2. The second-order valence-electron chi connectivity index (χ2n) is 3.62. The predicted molar refractivity (Wildman–Crippen MR) is 65.3 cm³/mol. The molecule has 1 N–H and O–H groups in total. The Hall–Kier alpha value is -1.30. The third-order valence-electron chi connectivity index (χ3n) is 2.19. The van der Waals surface area contributed by atoms with Crippen LogP contribution in [0.2, 0.25) is 0 Å². The number of hydrogen-bond acceptors (Lipinski definition) is 3. The van der Waals surface area contributed by atoms with Crippen LogP contribution in [0.25, 0.3) is 0 Å². The number of nitrogens with one attached hydrogen (secondary N) is 1. The van der Waals surface area contributed by atoms with Gasteiger partial charge >= 0.3 is 0 Å². The van der Waals surface area contributed by atoms with Gasteiger partial charge in [0.2, 0.25) is 10.0 Å². The Kier molecular flexibility index (Phi) is 4.74. The van der Waals surface area contributed by atoms with Crippen molar-refractivity contribution in [2.24, 2.45) is 0 Å². The molecule has 1 aromatic rings. The predicted octanol–water partition coefficient (Wildman–Crippen LogP) is 2.38. The summed E-state index contributed by atoms with van der Waals surface area (Å²) in [6, 6.07) is 3.69. The van der Waals surface area contributed by atoms with Crippen LogP contribution in [0.1, 0.15) is 19.8 Å². The van der Waals surface area contributed by atoms with Crippen molar-refractivity contribution in [3.63, 3.8) is 0 Å². The van der Waals surface area contributed by atoms with Gasteiger partial charge in [0, 0.05) is 6.07 Å². The van der Waals surface area contributed by atoms with Crippen molar-refractivity contribution in [3.8, 4) is 5.75 Å². The van der Waals surface area contributed by atoms with Gasteiger partial charge in [-0.3, -0.25) is 4.72 Å². The standard InChI is InChI=1S/C11H16FNO3S/c1-3-4-7-17(14,15)13-10-8-9(12)5-6-11(10)16-2/h5-6,8,13H,3-4,7H2,1-2H3. The molecular formula is C11H16FNO3S. The van der Waals surface area contributed by atoms with E-state index in [1.54, 1.807) is 0 Å². The molecule has 0 radical (unpaired) electrons. The Morgan fingerprint density at radius 1 is 1.41 bits per heavy atom. The molecule has 17 heavy (non-hydrogen) atoms. The molecule has 0 spiro atoms. The van der Waals surface area contributed by atoms with E-state index < -0.39 is 15.8 Å². The molecule has 6 heteroatoms. The van der Waals surface area contributed by atoms with E-state index in [0.717, 1.165) is 12.5 Å². The van der Waals surface area contributed by atoms with Gasteiger partial charge in [-0.05, 0) is 18.6 Å². The van der Waals surface area contributed by atoms with E-state index in [2.05, 4.69) is 4.72 Å². The number of sulfonamides is 1. The highest BCUT2D eigenvalue weighted by Crippen LogP contribution is 2.26. The lowest BCUT2D eigenvalue weighted by atomic mass is 10.3. The summed E-state index contributed by atoms with van der Waals surface area (Å²) in [5, 5.41) is 0. The van der Waals surface area contributed by atoms with Gasteiger partial charge in [-0.1, -0.05) is 13.3 Å². The first-order chi connectivity index (χ1) is 7.98. The zero-order valence-electron chi connectivity index (χ0n) is 9.86. The fraction of sp³-hybridized carbons (Fsp3) is 0.455. The summed E-state index contributed by atoms with van der Waals surface area (Å²) in [7, 11) is -2.04. The molecule has 0 fully saturated rings. The van der Waals surface area contributed by atoms with Crippen molar-refractivity contribution in [1.29, 1.82) is 0 Å². The average molecular weight is 261 g/mol. The van der Waals surface area contributed by atoms with Gasteiger partial charge in [0.25, 0.3) is 0 Å². The largest absolute Gasteiger partial charge is 0.495 e. The van der Waals surface area contributed by atoms with E-state index in [9.17, 15) is 12.8 Å². The Labute approximate surface area is 101 Å². The third-order valence-corrected chi connectivity index (χ3v) is 3.55. The van der Waals surface area contributed by atoms with Crippen LogP contribution in [-0.2, 0) is 10.0 Å². The molecule has 0 aliphatic carbocycles. The van der Waals surface area contributed by atoms with E-state index >= 15 is 0 Å². The van der Waals surface area contributed by atoms with E-state index in [1.807, 2.05) is 6.92 Å². The summed E-state index contributed by atoms with van der Waals surface area (Å²) in [5.41, 5.74) is 0.128. The lowest BCUT2D eigenvalue weighted by Crippen LogP contribution is -2.17. The maximum Gasteiger partial charge on any atom is 0.232 e. The van der Waals surface area contributed by atoms with Crippen molar-refractivity contribution in [1.82, 2.24) is 0 Å². The first kappa shape index (κ1) is 13.8. The molecule has 0 amide bonds. The monoisotopic (exact) mass is 261 g/mol. The van der Waals surface area contributed by atoms with Crippen LogP contribution < -0.4 is 9.46 Å². The zero-order valence-corrected chi connectivity index (χ0v) is 10.7. The first-order valence-corrected chi connectivity index (χ1v) is 6.97. The SMILES string of the molecule is CCCCS(=O)(=O)Nc1cc(F)ccc1OC. The van der Waals surface area contributed by atoms with E-state index in [4.69, 9.17) is 4.74 Å². The molecule has 0 unspecified atom stereocenters. The number of hydrogen-bond donors (Lipinski definition) is 1. The van der Waals surface area contributed by atoms with Gasteiger partial charge in [0.15, 0.2) is 0 Å². The molecule has 0 aromatic heterocycles. The zero-order chi connectivity index (χ0) is 12.9. The number of unbranched alkanes of at least 4 members (excludes halogenated alkanes) is 1. The molecule has 96 valence electrons. The first-order valence-electron chi connectivity index (χ1n) is 5.32. The van der Waals surface area contributed by atoms with Crippen LogP contribution in [0.4, 0.5) is 10.1 Å². The van der Waals surface area contributed by atoms with E-state index in [1.165, 1.54) is 19.2 Å². The second kappa shape index (κ2) is 5.86. The smallest absolute Gasteiger partial charge is 0.232 e.